The van der Waals surface area contributed by atoms with Gasteiger partial charge in [-0.15, -0.1) is 6.42 Å². The number of anilines is 2. The normalized spacial score (nSPS) is 11.6. The second kappa shape index (κ2) is 11.0. The van der Waals surface area contributed by atoms with Gasteiger partial charge in [0, 0.05) is 34.6 Å². The minimum atomic E-state index is 0.547. The topological polar surface area (TPSA) is 75.8 Å². The lowest BCUT2D eigenvalue weighted by atomic mass is 10.1. The second-order valence-corrected chi connectivity index (χ2v) is 8.84. The number of terminal acetylenes is 1. The number of nitriles is 1. The lowest BCUT2D eigenvalue weighted by Crippen LogP contribution is -2.01. The summed E-state index contributed by atoms with van der Waals surface area (Å²) in [5, 5.41) is 15.3. The van der Waals surface area contributed by atoms with Crippen molar-refractivity contribution >= 4 is 38.9 Å². The number of hydrogen-bond acceptors (Lipinski definition) is 5. The Morgan fingerprint density at radius 2 is 1.87 bits per heavy atom. The maximum absolute atomic E-state index is 10.1. The average molecular weight is 510 g/mol. The van der Waals surface area contributed by atoms with Crippen LogP contribution in [-0.4, -0.2) is 21.6 Å². The Hall–Kier alpha value is -5.33. The molecule has 1 N–H and O–H groups in total. The predicted molar refractivity (Wildman–Crippen MR) is 159 cm³/mol. The third kappa shape index (κ3) is 4.72. The summed E-state index contributed by atoms with van der Waals surface area (Å²) in [5.74, 6) is 4.57. The zero-order chi connectivity index (χ0) is 27.4. The molecule has 0 saturated carbocycles. The Kier molecular flexibility index (Phi) is 7.12. The van der Waals surface area contributed by atoms with Gasteiger partial charge < -0.3 is 14.6 Å². The number of allylic oxidation sites excluding steroid dienone is 4. The molecule has 0 saturated heterocycles. The first-order chi connectivity index (χ1) is 19.1. The number of methoxy groups -OCH3 is 1. The molecule has 3 aromatic carbocycles. The molecule has 0 bridgehead atoms. The number of nitrogens with one attached hydrogen (secondary N) is 1. The van der Waals surface area contributed by atoms with E-state index in [0.29, 0.717) is 17.2 Å². The molecular weight excluding hydrogens is 482 g/mol. The van der Waals surface area contributed by atoms with E-state index in [4.69, 9.17) is 21.1 Å². The van der Waals surface area contributed by atoms with Crippen molar-refractivity contribution < 1.29 is 4.74 Å². The predicted octanol–water partition coefficient (Wildman–Crippen LogP) is 7.49. The summed E-state index contributed by atoms with van der Waals surface area (Å²) in [7, 11) is 1.65. The number of ether oxygens (including phenoxy) is 1. The Labute approximate surface area is 227 Å². The van der Waals surface area contributed by atoms with Crippen LogP contribution in [0, 0.1) is 23.7 Å². The maximum Gasteiger partial charge on any atom is 0.162 e. The van der Waals surface area contributed by atoms with Gasteiger partial charge in [-0.2, -0.15) is 5.26 Å². The van der Waals surface area contributed by atoms with Crippen LogP contribution in [0.2, 0.25) is 0 Å². The van der Waals surface area contributed by atoms with E-state index in [-0.39, 0.29) is 0 Å². The van der Waals surface area contributed by atoms with Crippen LogP contribution < -0.4 is 10.1 Å². The first kappa shape index (κ1) is 25.3. The third-order valence-electron chi connectivity index (χ3n) is 6.57. The number of aryl methyl sites for hydroxylation is 1. The minimum absolute atomic E-state index is 0.547. The van der Waals surface area contributed by atoms with Crippen molar-refractivity contribution in [2.75, 3.05) is 12.4 Å². The minimum Gasteiger partial charge on any atom is -0.497 e. The molecule has 0 aliphatic rings. The summed E-state index contributed by atoms with van der Waals surface area (Å²) >= 11 is 0. The second-order valence-electron chi connectivity index (χ2n) is 8.84. The van der Waals surface area contributed by atoms with Crippen molar-refractivity contribution in [3.63, 3.8) is 0 Å². The van der Waals surface area contributed by atoms with Gasteiger partial charge >= 0.3 is 0 Å². The van der Waals surface area contributed by atoms with Gasteiger partial charge in [0.2, 0.25) is 0 Å². The molecule has 5 rings (SSSR count). The van der Waals surface area contributed by atoms with Gasteiger partial charge in [-0.1, -0.05) is 42.3 Å². The first-order valence-corrected chi connectivity index (χ1v) is 12.7. The van der Waals surface area contributed by atoms with E-state index in [2.05, 4.69) is 28.8 Å². The van der Waals surface area contributed by atoms with Crippen molar-refractivity contribution in [3.05, 3.63) is 96.3 Å². The van der Waals surface area contributed by atoms with Crippen molar-refractivity contribution in [2.24, 2.45) is 0 Å². The largest absolute Gasteiger partial charge is 0.497 e. The quantitative estimate of drug-likeness (QED) is 0.182. The smallest absolute Gasteiger partial charge is 0.162 e. The number of para-hydroxylation sites is 1. The van der Waals surface area contributed by atoms with E-state index in [1.54, 1.807) is 13.2 Å². The average Bonchev–Trinajstić information content (AvgIpc) is 3.30. The summed E-state index contributed by atoms with van der Waals surface area (Å²) in [6.07, 6.45) is 11.0. The highest BCUT2D eigenvalue weighted by Crippen LogP contribution is 2.36. The summed E-state index contributed by atoms with van der Waals surface area (Å²) in [4.78, 5) is 9.55. The summed E-state index contributed by atoms with van der Waals surface area (Å²) < 4.78 is 7.59. The Morgan fingerprint density at radius 1 is 1.08 bits per heavy atom. The standard InChI is InChI=1S/C33H27N5O/c1-5-10-23(11-6-2)32-36-29-13-9-8-12-27(29)33(37-32)35-24-16-14-22(15-17-24)31-28(21-34)26-19-18-25(39-4)20-30(26)38(31)7-3/h1,6,8-20H,7H2,2-4H3,(H,35,36,37)/b11-6-,23-10+. The number of fused-ring (bicyclic) bond motifs is 2. The van der Waals surface area contributed by atoms with E-state index in [9.17, 15) is 5.26 Å². The molecule has 2 heterocycles. The van der Waals surface area contributed by atoms with E-state index < -0.39 is 0 Å². The number of benzene rings is 3. The van der Waals surface area contributed by atoms with Gasteiger partial charge in [-0.3, -0.25) is 0 Å². The van der Waals surface area contributed by atoms with Gasteiger partial charge in [-0.25, -0.2) is 9.97 Å². The molecule has 0 aliphatic carbocycles. The maximum atomic E-state index is 10.1. The van der Waals surface area contributed by atoms with Crippen LogP contribution in [0.1, 0.15) is 25.2 Å². The van der Waals surface area contributed by atoms with Crippen molar-refractivity contribution in [3.8, 4) is 35.4 Å². The number of nitrogens with zero attached hydrogens (tertiary/aromatic N) is 4. The van der Waals surface area contributed by atoms with E-state index >= 15 is 0 Å². The van der Waals surface area contributed by atoms with Gasteiger partial charge in [0.25, 0.3) is 0 Å². The molecule has 0 aliphatic heterocycles. The van der Waals surface area contributed by atoms with Crippen LogP contribution in [0.5, 0.6) is 5.75 Å². The fourth-order valence-corrected chi connectivity index (χ4v) is 4.80. The molecular formula is C33H27N5O. The summed E-state index contributed by atoms with van der Waals surface area (Å²) in [6.45, 7) is 4.72. The molecule has 39 heavy (non-hydrogen) atoms. The van der Waals surface area contributed by atoms with E-state index in [0.717, 1.165) is 56.6 Å². The SMILES string of the molecule is C#C/C=C(\C=C/C)c1nc(Nc2ccc(-c3c(C#N)c4ccc(OC)cc4n3CC)cc2)c2ccccc2n1. The zero-order valence-corrected chi connectivity index (χ0v) is 22.1. The van der Waals surface area contributed by atoms with Crippen molar-refractivity contribution in [2.45, 2.75) is 20.4 Å². The van der Waals surface area contributed by atoms with Crippen LogP contribution in [0.4, 0.5) is 11.5 Å². The first-order valence-electron chi connectivity index (χ1n) is 12.7. The zero-order valence-electron chi connectivity index (χ0n) is 22.1. The van der Waals surface area contributed by atoms with Crippen LogP contribution in [0.3, 0.4) is 0 Å². The third-order valence-corrected chi connectivity index (χ3v) is 6.57. The number of rotatable bonds is 7. The van der Waals surface area contributed by atoms with Crippen LogP contribution in [-0.2, 0) is 6.54 Å². The molecule has 0 spiro atoms. The van der Waals surface area contributed by atoms with Crippen LogP contribution in [0.15, 0.2) is 85.0 Å². The molecule has 0 unspecified atom stereocenters. The molecule has 6 heteroatoms. The summed E-state index contributed by atoms with van der Waals surface area (Å²) in [6, 6.07) is 24.1. The van der Waals surface area contributed by atoms with Crippen molar-refractivity contribution in [1.82, 2.24) is 14.5 Å². The van der Waals surface area contributed by atoms with Crippen LogP contribution in [0.25, 0.3) is 38.6 Å². The monoisotopic (exact) mass is 509 g/mol. The Morgan fingerprint density at radius 3 is 2.56 bits per heavy atom. The van der Waals surface area contributed by atoms with E-state index in [1.807, 2.05) is 85.8 Å². The molecule has 0 fully saturated rings. The van der Waals surface area contributed by atoms with Gasteiger partial charge in [-0.05, 0) is 61.9 Å². The summed E-state index contributed by atoms with van der Waals surface area (Å²) in [5.41, 5.74) is 5.91. The Bertz CT molecular complexity index is 1830. The molecule has 6 nitrogen and oxygen atoms in total. The highest BCUT2D eigenvalue weighted by molar-refractivity contribution is 5.96. The fraction of sp³-hybridized carbons (Fsp3) is 0.121. The molecule has 2 aromatic heterocycles. The lowest BCUT2D eigenvalue weighted by molar-refractivity contribution is 0.415. The molecule has 5 aromatic rings. The van der Waals surface area contributed by atoms with Gasteiger partial charge in [0.05, 0.1) is 29.4 Å². The lowest BCUT2D eigenvalue weighted by Gasteiger charge is -2.13. The molecule has 0 radical (unpaired) electrons. The fourth-order valence-electron chi connectivity index (χ4n) is 4.80. The molecule has 0 amide bonds. The van der Waals surface area contributed by atoms with Crippen molar-refractivity contribution in [1.29, 1.82) is 5.26 Å². The van der Waals surface area contributed by atoms with Gasteiger partial charge in [0.15, 0.2) is 5.82 Å². The number of aromatic nitrogens is 3. The Balaban J connectivity index is 1.57. The highest BCUT2D eigenvalue weighted by Gasteiger charge is 2.19. The molecule has 0 atom stereocenters. The molecule has 190 valence electrons. The number of hydrogen-bond donors (Lipinski definition) is 1. The van der Waals surface area contributed by atoms with E-state index in [1.165, 1.54) is 0 Å². The van der Waals surface area contributed by atoms with Crippen LogP contribution >= 0.6 is 0 Å². The van der Waals surface area contributed by atoms with Gasteiger partial charge in [0.1, 0.15) is 17.6 Å². The highest BCUT2D eigenvalue weighted by atomic mass is 16.5.